The molecule has 0 aromatic heterocycles. The van der Waals surface area contributed by atoms with Gasteiger partial charge < -0.3 is 4.74 Å². The molecule has 0 spiro atoms. The molecule has 0 saturated carbocycles. The highest BCUT2D eigenvalue weighted by atomic mass is 79.9. The van der Waals surface area contributed by atoms with Crippen LogP contribution in [0.3, 0.4) is 0 Å². The summed E-state index contributed by atoms with van der Waals surface area (Å²) in [5.74, 6) is 0.485. The zero-order valence-electron chi connectivity index (χ0n) is 10.2. The van der Waals surface area contributed by atoms with E-state index < -0.39 is 5.82 Å². The van der Waals surface area contributed by atoms with Crippen molar-refractivity contribution in [1.29, 1.82) is 0 Å². The van der Waals surface area contributed by atoms with Gasteiger partial charge in [0.2, 0.25) is 0 Å². The van der Waals surface area contributed by atoms with Crippen molar-refractivity contribution in [2.75, 3.05) is 0 Å². The third-order valence-electron chi connectivity index (χ3n) is 2.54. The van der Waals surface area contributed by atoms with E-state index in [1.54, 1.807) is 0 Å². The van der Waals surface area contributed by atoms with Gasteiger partial charge in [0.1, 0.15) is 0 Å². The van der Waals surface area contributed by atoms with Gasteiger partial charge in [-0.15, -0.1) is 0 Å². The molecule has 2 aromatic carbocycles. The Morgan fingerprint density at radius 3 is 1.04 bits per heavy atom. The molecule has 0 N–H and O–H groups in total. The van der Waals surface area contributed by atoms with E-state index in [9.17, 15) is 4.39 Å². The molecule has 124 valence electrons. The van der Waals surface area contributed by atoms with Gasteiger partial charge in [0.15, 0.2) is 17.3 Å². The lowest BCUT2D eigenvalue weighted by Crippen LogP contribution is -1.95. The van der Waals surface area contributed by atoms with E-state index >= 15 is 0 Å². The van der Waals surface area contributed by atoms with Gasteiger partial charge in [-0.3, -0.25) is 0 Å². The van der Waals surface area contributed by atoms with E-state index in [0.717, 1.165) is 13.4 Å². The second kappa shape index (κ2) is 8.67. The molecule has 1 nitrogen and oxygen atoms in total. The third kappa shape index (κ3) is 4.17. The lowest BCUT2D eigenvalue weighted by molar-refractivity contribution is 0.465. The molecule has 0 saturated heterocycles. The maximum Gasteiger partial charge on any atom is 0.158 e. The average molecular weight is 898 g/mol. The fourth-order valence-electron chi connectivity index (χ4n) is 1.45. The molecule has 0 atom stereocenters. The van der Waals surface area contributed by atoms with Crippen LogP contribution in [0.25, 0.3) is 0 Å². The van der Waals surface area contributed by atoms with Crippen molar-refractivity contribution in [2.45, 2.75) is 0 Å². The first-order chi connectivity index (χ1) is 10.6. The van der Waals surface area contributed by atoms with Gasteiger partial charge in [0, 0.05) is 4.47 Å². The minimum atomic E-state index is -0.438. The van der Waals surface area contributed by atoms with Crippen molar-refractivity contribution in [1.82, 2.24) is 0 Å². The molecule has 0 fully saturated rings. The highest BCUT2D eigenvalue weighted by molar-refractivity contribution is 9.16. The summed E-state index contributed by atoms with van der Waals surface area (Å²) in [6.45, 7) is 0. The zero-order chi connectivity index (χ0) is 17.6. The number of benzene rings is 2. The molecular weight excluding hydrogens is 898 g/mol. The van der Waals surface area contributed by atoms with Crippen molar-refractivity contribution in [3.8, 4) is 11.5 Å². The number of hydrogen-bond acceptors (Lipinski definition) is 1. The van der Waals surface area contributed by atoms with E-state index in [4.69, 9.17) is 4.74 Å². The first-order valence-corrected chi connectivity index (χ1v) is 12.4. The summed E-state index contributed by atoms with van der Waals surface area (Å²) in [7, 11) is 0. The largest absolute Gasteiger partial charge is 0.452 e. The highest BCUT2D eigenvalue weighted by Gasteiger charge is 2.25. The van der Waals surface area contributed by atoms with Gasteiger partial charge in [0.25, 0.3) is 0 Å². The smallest absolute Gasteiger partial charge is 0.158 e. The summed E-state index contributed by atoms with van der Waals surface area (Å²) in [6, 6.07) is 0. The van der Waals surface area contributed by atoms with Gasteiger partial charge in [-0.05, 0) is 143 Å². The third-order valence-corrected chi connectivity index (χ3v) is 12.6. The fourth-order valence-corrected chi connectivity index (χ4v) is 6.82. The van der Waals surface area contributed by atoms with Crippen LogP contribution in [0.1, 0.15) is 0 Å². The Balaban J connectivity index is 2.71. The monoisotopic (exact) mass is 889 g/mol. The summed E-state index contributed by atoms with van der Waals surface area (Å²) in [5.41, 5.74) is 0. The van der Waals surface area contributed by atoms with Crippen molar-refractivity contribution >= 4 is 143 Å². The molecule has 0 radical (unpaired) electrons. The molecule has 0 unspecified atom stereocenters. The fraction of sp³-hybridized carbons (Fsp3) is 0. The van der Waals surface area contributed by atoms with Crippen molar-refractivity contribution < 1.29 is 9.13 Å². The normalized spacial score (nSPS) is 11.0. The van der Waals surface area contributed by atoms with Crippen LogP contribution < -0.4 is 4.74 Å². The summed E-state index contributed by atoms with van der Waals surface area (Å²) >= 11 is 30.5. The van der Waals surface area contributed by atoms with Crippen LogP contribution in [-0.4, -0.2) is 0 Å². The predicted octanol–water partition coefficient (Wildman–Crippen LogP) is 10.5. The van der Waals surface area contributed by atoms with Crippen LogP contribution in [-0.2, 0) is 0 Å². The highest BCUT2D eigenvalue weighted by Crippen LogP contribution is 2.53. The molecule has 2 rings (SSSR count). The topological polar surface area (TPSA) is 9.23 Å². The second-order valence-corrected chi connectivity index (χ2v) is 11.0. The van der Waals surface area contributed by atoms with Crippen LogP contribution in [0.2, 0.25) is 0 Å². The van der Waals surface area contributed by atoms with E-state index in [-0.39, 0.29) is 8.95 Å². The molecule has 0 aliphatic heterocycles. The molecule has 0 aliphatic carbocycles. The van der Waals surface area contributed by atoms with E-state index in [0.29, 0.717) is 29.4 Å². The van der Waals surface area contributed by atoms with Crippen LogP contribution in [0.5, 0.6) is 11.5 Å². The Morgan fingerprint density at radius 1 is 0.435 bits per heavy atom. The van der Waals surface area contributed by atoms with Crippen LogP contribution in [0.15, 0.2) is 40.3 Å². The van der Waals surface area contributed by atoms with Gasteiger partial charge in [-0.1, -0.05) is 0 Å². The Kier molecular flexibility index (Phi) is 8.21. The summed E-state index contributed by atoms with van der Waals surface area (Å²) in [6.07, 6.45) is 0. The van der Waals surface area contributed by atoms with Crippen LogP contribution in [0, 0.1) is 5.82 Å². The van der Waals surface area contributed by atoms with Crippen molar-refractivity contribution in [2.24, 2.45) is 0 Å². The number of hydrogen-bond donors (Lipinski definition) is 0. The zero-order valence-corrected chi connectivity index (χ0v) is 24.5. The van der Waals surface area contributed by atoms with Crippen LogP contribution in [0.4, 0.5) is 4.39 Å². The molecule has 0 aliphatic rings. The Bertz CT molecular complexity index is 696. The number of halogens is 10. The minimum Gasteiger partial charge on any atom is -0.452 e. The van der Waals surface area contributed by atoms with E-state index in [1.807, 2.05) is 0 Å². The Labute approximate surface area is 207 Å². The van der Waals surface area contributed by atoms with E-state index in [1.165, 1.54) is 0 Å². The predicted molar refractivity (Wildman–Crippen MR) is 122 cm³/mol. The van der Waals surface area contributed by atoms with Crippen molar-refractivity contribution in [3.63, 3.8) is 0 Å². The molecule has 0 bridgehead atoms. The summed E-state index contributed by atoms with van der Waals surface area (Å²) < 4.78 is 25.2. The van der Waals surface area contributed by atoms with Gasteiger partial charge in [-0.25, -0.2) is 4.39 Å². The Hall–Kier alpha value is 2.49. The number of ether oxygens (including phenoxy) is 1. The Morgan fingerprint density at radius 2 is 0.696 bits per heavy atom. The molecular formula is C12Br9FO. The molecule has 23 heavy (non-hydrogen) atoms. The lowest BCUT2D eigenvalue weighted by atomic mass is 10.3. The summed E-state index contributed by atoms with van der Waals surface area (Å²) in [4.78, 5) is 0. The molecule has 11 heteroatoms. The quantitative estimate of drug-likeness (QED) is 0.216. The second-order valence-electron chi connectivity index (χ2n) is 3.90. The standard InChI is InChI=1S/C12Br9FO/c13-1-2(14)6(18)11(7(19)3(1)15)23-12-8(20)4(16)10(22)5(17)9(12)21. The first-order valence-electron chi connectivity index (χ1n) is 5.30. The van der Waals surface area contributed by atoms with Gasteiger partial charge in [-0.2, -0.15) is 0 Å². The summed E-state index contributed by atoms with van der Waals surface area (Å²) in [5, 5.41) is 0. The maximum absolute atomic E-state index is 14.1. The molecule has 0 amide bonds. The molecule has 0 heterocycles. The molecule has 2 aromatic rings. The maximum atomic E-state index is 14.1. The van der Waals surface area contributed by atoms with Gasteiger partial charge in [0.05, 0.1) is 35.8 Å². The van der Waals surface area contributed by atoms with Crippen molar-refractivity contribution in [3.05, 3.63) is 46.1 Å². The number of rotatable bonds is 2. The first kappa shape index (κ1) is 21.8. The lowest BCUT2D eigenvalue weighted by Gasteiger charge is -2.18. The minimum absolute atomic E-state index is 0.255. The SMILES string of the molecule is Fc1c(Br)c(Br)c(Oc2c(Br)c(Br)c(Br)c(Br)c2Br)c(Br)c1Br. The van der Waals surface area contributed by atoms with Gasteiger partial charge >= 0.3 is 0 Å². The average Bonchev–Trinajstić information content (AvgIpc) is 2.54. The van der Waals surface area contributed by atoms with Crippen LogP contribution >= 0.6 is 143 Å². The van der Waals surface area contributed by atoms with E-state index in [2.05, 4.69) is 143 Å².